The SMILES string of the molecule is CC1CCSCCN1c1ncc(Cl)cc1[N+](=O)[O-]. The third-order valence-corrected chi connectivity index (χ3v) is 4.17. The lowest BCUT2D eigenvalue weighted by Gasteiger charge is -2.27. The molecule has 5 nitrogen and oxygen atoms in total. The zero-order chi connectivity index (χ0) is 13.1. The Bertz CT molecular complexity index is 458. The van der Waals surface area contributed by atoms with Gasteiger partial charge in [0.2, 0.25) is 5.82 Å². The molecule has 0 aromatic carbocycles. The molecule has 1 aliphatic rings. The van der Waals surface area contributed by atoms with E-state index < -0.39 is 4.92 Å². The average Bonchev–Trinajstić information content (AvgIpc) is 2.54. The molecule has 18 heavy (non-hydrogen) atoms. The van der Waals surface area contributed by atoms with Crippen LogP contribution in [0.1, 0.15) is 13.3 Å². The number of thioether (sulfide) groups is 1. The number of nitro groups is 1. The van der Waals surface area contributed by atoms with Gasteiger partial charge < -0.3 is 4.90 Å². The van der Waals surface area contributed by atoms with Crippen molar-refractivity contribution in [2.24, 2.45) is 0 Å². The van der Waals surface area contributed by atoms with E-state index in [1.165, 1.54) is 12.3 Å². The zero-order valence-corrected chi connectivity index (χ0v) is 11.6. The fraction of sp³-hybridized carbons (Fsp3) is 0.545. The second-order valence-corrected chi connectivity index (χ2v) is 5.86. The number of hydrogen-bond acceptors (Lipinski definition) is 5. The Hall–Kier alpha value is -1.01. The lowest BCUT2D eigenvalue weighted by Crippen LogP contribution is -2.34. The van der Waals surface area contributed by atoms with Crippen LogP contribution in [0.15, 0.2) is 12.3 Å². The number of nitrogens with zero attached hydrogens (tertiary/aromatic N) is 3. The Kier molecular flexibility index (Phi) is 4.29. The normalized spacial score (nSPS) is 20.6. The van der Waals surface area contributed by atoms with Gasteiger partial charge in [-0.05, 0) is 19.1 Å². The van der Waals surface area contributed by atoms with E-state index in [1.807, 2.05) is 16.7 Å². The van der Waals surface area contributed by atoms with Crippen LogP contribution in [0.4, 0.5) is 11.5 Å². The van der Waals surface area contributed by atoms with E-state index in [-0.39, 0.29) is 11.7 Å². The Morgan fingerprint density at radius 3 is 3.11 bits per heavy atom. The average molecular weight is 288 g/mol. The quantitative estimate of drug-likeness (QED) is 0.618. The molecular formula is C11H14ClN3O2S. The molecule has 0 N–H and O–H groups in total. The molecule has 2 rings (SSSR count). The first-order valence-corrected chi connectivity index (χ1v) is 7.27. The summed E-state index contributed by atoms with van der Waals surface area (Å²) in [5.74, 6) is 2.48. The van der Waals surface area contributed by atoms with Gasteiger partial charge in [0.1, 0.15) is 0 Å². The summed E-state index contributed by atoms with van der Waals surface area (Å²) in [6.45, 7) is 2.85. The topological polar surface area (TPSA) is 59.3 Å². The highest BCUT2D eigenvalue weighted by Crippen LogP contribution is 2.31. The van der Waals surface area contributed by atoms with E-state index in [2.05, 4.69) is 11.9 Å². The molecule has 0 bridgehead atoms. The van der Waals surface area contributed by atoms with Gasteiger partial charge >= 0.3 is 5.69 Å². The summed E-state index contributed by atoms with van der Waals surface area (Å²) in [6.07, 6.45) is 2.47. The minimum absolute atomic E-state index is 0.0127. The fourth-order valence-corrected chi connectivity index (χ4v) is 3.18. The van der Waals surface area contributed by atoms with Crippen LogP contribution in [0.5, 0.6) is 0 Å². The number of pyridine rings is 1. The maximum Gasteiger partial charge on any atom is 0.313 e. The van der Waals surface area contributed by atoms with E-state index in [1.54, 1.807) is 0 Å². The number of aromatic nitrogens is 1. The second kappa shape index (κ2) is 5.75. The van der Waals surface area contributed by atoms with Crippen LogP contribution in [0, 0.1) is 10.1 Å². The van der Waals surface area contributed by atoms with Crippen LogP contribution in [0.3, 0.4) is 0 Å². The molecule has 7 heteroatoms. The number of halogens is 1. The molecule has 1 aromatic heterocycles. The van der Waals surface area contributed by atoms with Crippen LogP contribution in [-0.4, -0.2) is 34.0 Å². The van der Waals surface area contributed by atoms with Gasteiger partial charge in [-0.1, -0.05) is 11.6 Å². The summed E-state index contributed by atoms with van der Waals surface area (Å²) in [5.41, 5.74) is -0.0127. The van der Waals surface area contributed by atoms with E-state index >= 15 is 0 Å². The van der Waals surface area contributed by atoms with Gasteiger partial charge in [0, 0.05) is 30.6 Å². The molecule has 0 aliphatic carbocycles. The molecule has 0 spiro atoms. The molecule has 1 saturated heterocycles. The molecular weight excluding hydrogens is 274 g/mol. The predicted molar refractivity (Wildman–Crippen MR) is 74.7 cm³/mol. The van der Waals surface area contributed by atoms with Crippen molar-refractivity contribution in [2.75, 3.05) is 23.0 Å². The first-order valence-electron chi connectivity index (χ1n) is 5.74. The summed E-state index contributed by atoms with van der Waals surface area (Å²) >= 11 is 7.65. The first kappa shape index (κ1) is 13.4. The standard InChI is InChI=1S/C11H14ClN3O2S/c1-8-2-4-18-5-3-14(8)11-10(15(16)17)6-9(12)7-13-11/h6-8H,2-5H2,1H3. The maximum absolute atomic E-state index is 11.1. The largest absolute Gasteiger partial charge is 0.347 e. The van der Waals surface area contributed by atoms with Crippen molar-refractivity contribution < 1.29 is 4.92 Å². The number of rotatable bonds is 2. The number of hydrogen-bond donors (Lipinski definition) is 0. The van der Waals surface area contributed by atoms with E-state index in [4.69, 9.17) is 11.6 Å². The molecule has 1 aromatic rings. The highest BCUT2D eigenvalue weighted by molar-refractivity contribution is 7.99. The Morgan fingerprint density at radius 2 is 2.39 bits per heavy atom. The molecule has 0 amide bonds. The van der Waals surface area contributed by atoms with Crippen molar-refractivity contribution in [2.45, 2.75) is 19.4 Å². The Balaban J connectivity index is 2.39. The number of anilines is 1. The van der Waals surface area contributed by atoms with E-state index in [0.717, 1.165) is 24.5 Å². The van der Waals surface area contributed by atoms with Crippen molar-refractivity contribution in [3.05, 3.63) is 27.4 Å². The van der Waals surface area contributed by atoms with Crippen LogP contribution in [0.2, 0.25) is 5.02 Å². The monoisotopic (exact) mass is 287 g/mol. The third kappa shape index (κ3) is 2.87. The van der Waals surface area contributed by atoms with Gasteiger partial charge in [-0.15, -0.1) is 0 Å². The van der Waals surface area contributed by atoms with Crippen molar-refractivity contribution in [3.8, 4) is 0 Å². The van der Waals surface area contributed by atoms with Gasteiger partial charge in [-0.25, -0.2) is 4.98 Å². The third-order valence-electron chi connectivity index (χ3n) is 2.97. The van der Waals surface area contributed by atoms with Crippen molar-refractivity contribution in [3.63, 3.8) is 0 Å². The summed E-state index contributed by atoms with van der Waals surface area (Å²) in [5, 5.41) is 11.4. The van der Waals surface area contributed by atoms with Gasteiger partial charge in [0.05, 0.1) is 9.95 Å². The molecule has 0 radical (unpaired) electrons. The molecule has 0 saturated carbocycles. The van der Waals surface area contributed by atoms with Crippen molar-refractivity contribution in [1.29, 1.82) is 0 Å². The van der Waals surface area contributed by atoms with Crippen molar-refractivity contribution >= 4 is 34.9 Å². The van der Waals surface area contributed by atoms with Gasteiger partial charge in [-0.3, -0.25) is 10.1 Å². The Labute approximate surface area is 115 Å². The highest BCUT2D eigenvalue weighted by Gasteiger charge is 2.26. The smallest absolute Gasteiger partial charge is 0.313 e. The predicted octanol–water partition coefficient (Wildman–Crippen LogP) is 2.98. The lowest BCUT2D eigenvalue weighted by molar-refractivity contribution is -0.384. The first-order chi connectivity index (χ1) is 8.59. The van der Waals surface area contributed by atoms with Crippen LogP contribution in [0.25, 0.3) is 0 Å². The van der Waals surface area contributed by atoms with Gasteiger partial charge in [0.25, 0.3) is 0 Å². The van der Waals surface area contributed by atoms with E-state index in [0.29, 0.717) is 10.8 Å². The highest BCUT2D eigenvalue weighted by atomic mass is 35.5. The molecule has 2 heterocycles. The van der Waals surface area contributed by atoms with Crippen LogP contribution in [-0.2, 0) is 0 Å². The fourth-order valence-electron chi connectivity index (χ4n) is 1.99. The van der Waals surface area contributed by atoms with Crippen LogP contribution >= 0.6 is 23.4 Å². The summed E-state index contributed by atoms with van der Waals surface area (Å²) in [7, 11) is 0. The minimum Gasteiger partial charge on any atom is -0.347 e. The van der Waals surface area contributed by atoms with E-state index in [9.17, 15) is 10.1 Å². The Morgan fingerprint density at radius 1 is 1.61 bits per heavy atom. The minimum atomic E-state index is -0.418. The van der Waals surface area contributed by atoms with Crippen LogP contribution < -0.4 is 4.90 Å². The second-order valence-electron chi connectivity index (χ2n) is 4.20. The summed E-state index contributed by atoms with van der Waals surface area (Å²) < 4.78 is 0. The summed E-state index contributed by atoms with van der Waals surface area (Å²) in [4.78, 5) is 16.8. The molecule has 1 aliphatic heterocycles. The lowest BCUT2D eigenvalue weighted by atomic mass is 10.2. The maximum atomic E-state index is 11.1. The van der Waals surface area contributed by atoms with Crippen molar-refractivity contribution in [1.82, 2.24) is 4.98 Å². The molecule has 1 atom stereocenters. The van der Waals surface area contributed by atoms with Gasteiger partial charge in [-0.2, -0.15) is 11.8 Å². The van der Waals surface area contributed by atoms with Gasteiger partial charge in [0.15, 0.2) is 0 Å². The zero-order valence-electron chi connectivity index (χ0n) is 10.0. The molecule has 98 valence electrons. The molecule has 1 fully saturated rings. The molecule has 1 unspecified atom stereocenters. The summed E-state index contributed by atoms with van der Waals surface area (Å²) in [6, 6.07) is 1.63.